The molecule has 3 nitrogen and oxygen atoms in total. The molecular formula is C16H18ClNO2S. The van der Waals surface area contributed by atoms with Gasteiger partial charge < -0.3 is 9.47 Å². The van der Waals surface area contributed by atoms with E-state index in [9.17, 15) is 0 Å². The van der Waals surface area contributed by atoms with Gasteiger partial charge in [0.25, 0.3) is 0 Å². The molecule has 21 heavy (non-hydrogen) atoms. The molecule has 0 aliphatic rings. The van der Waals surface area contributed by atoms with E-state index in [1.54, 1.807) is 26.2 Å². The van der Waals surface area contributed by atoms with Crippen molar-refractivity contribution >= 4 is 23.5 Å². The van der Waals surface area contributed by atoms with E-state index < -0.39 is 0 Å². The summed E-state index contributed by atoms with van der Waals surface area (Å²) in [6.07, 6.45) is 0. The zero-order valence-electron chi connectivity index (χ0n) is 12.1. The standard InChI is InChI=1S/C16H18ClNO2S/c1-19-15-7-6-13(16(9-15)20-2)10-18-21-11-12-4-3-5-14(17)8-12/h3-9,18H,10-11H2,1-2H3. The fourth-order valence-corrected chi connectivity index (χ4v) is 2.81. The molecule has 0 saturated heterocycles. The number of hydrogen-bond acceptors (Lipinski definition) is 4. The van der Waals surface area contributed by atoms with Crippen LogP contribution in [0, 0.1) is 0 Å². The highest BCUT2D eigenvalue weighted by molar-refractivity contribution is 7.96. The third kappa shape index (κ3) is 4.84. The van der Waals surface area contributed by atoms with E-state index in [0.29, 0.717) is 0 Å². The maximum Gasteiger partial charge on any atom is 0.127 e. The predicted molar refractivity (Wildman–Crippen MR) is 89.1 cm³/mol. The second-order valence-corrected chi connectivity index (χ2v) is 5.72. The first-order valence-electron chi connectivity index (χ1n) is 6.53. The van der Waals surface area contributed by atoms with E-state index in [-0.39, 0.29) is 0 Å². The largest absolute Gasteiger partial charge is 0.497 e. The van der Waals surface area contributed by atoms with Crippen molar-refractivity contribution in [1.29, 1.82) is 0 Å². The summed E-state index contributed by atoms with van der Waals surface area (Å²) in [6, 6.07) is 13.7. The lowest BCUT2D eigenvalue weighted by atomic mass is 10.2. The number of methoxy groups -OCH3 is 2. The van der Waals surface area contributed by atoms with E-state index >= 15 is 0 Å². The monoisotopic (exact) mass is 323 g/mol. The van der Waals surface area contributed by atoms with Gasteiger partial charge in [-0.05, 0) is 23.8 Å². The van der Waals surface area contributed by atoms with Crippen LogP contribution < -0.4 is 14.2 Å². The molecule has 0 saturated carbocycles. The summed E-state index contributed by atoms with van der Waals surface area (Å²) in [4.78, 5) is 0. The van der Waals surface area contributed by atoms with Crippen LogP contribution in [0.15, 0.2) is 42.5 Å². The molecule has 0 fully saturated rings. The first kappa shape index (κ1) is 16.0. The minimum absolute atomic E-state index is 0.721. The van der Waals surface area contributed by atoms with Crippen LogP contribution in [0.25, 0.3) is 0 Å². The maximum absolute atomic E-state index is 5.96. The zero-order chi connectivity index (χ0) is 15.1. The third-order valence-corrected chi connectivity index (χ3v) is 4.05. The third-order valence-electron chi connectivity index (χ3n) is 2.99. The van der Waals surface area contributed by atoms with Crippen LogP contribution >= 0.6 is 23.5 Å². The van der Waals surface area contributed by atoms with Gasteiger partial charge in [-0.1, -0.05) is 41.7 Å². The van der Waals surface area contributed by atoms with Crippen molar-refractivity contribution < 1.29 is 9.47 Å². The summed E-state index contributed by atoms with van der Waals surface area (Å²) in [5.74, 6) is 2.48. The molecule has 0 amide bonds. The average Bonchev–Trinajstić information content (AvgIpc) is 2.51. The first-order chi connectivity index (χ1) is 10.2. The number of ether oxygens (including phenoxy) is 2. The Labute approximate surface area is 134 Å². The molecule has 0 unspecified atom stereocenters. The fourth-order valence-electron chi connectivity index (χ4n) is 1.89. The average molecular weight is 324 g/mol. The van der Waals surface area contributed by atoms with Gasteiger partial charge >= 0.3 is 0 Å². The molecule has 0 atom stereocenters. The Morgan fingerprint density at radius 2 is 1.95 bits per heavy atom. The molecule has 0 spiro atoms. The molecule has 2 rings (SSSR count). The van der Waals surface area contributed by atoms with Gasteiger partial charge in [0.15, 0.2) is 0 Å². The van der Waals surface area contributed by atoms with Gasteiger partial charge in [0.2, 0.25) is 0 Å². The van der Waals surface area contributed by atoms with Crippen LogP contribution in [-0.2, 0) is 12.3 Å². The molecule has 2 aromatic rings. The fraction of sp³-hybridized carbons (Fsp3) is 0.250. The Morgan fingerprint density at radius 1 is 1.10 bits per heavy atom. The van der Waals surface area contributed by atoms with Gasteiger partial charge in [-0.3, -0.25) is 4.72 Å². The quantitative estimate of drug-likeness (QED) is 0.608. The summed E-state index contributed by atoms with van der Waals surface area (Å²) in [5.41, 5.74) is 2.29. The molecule has 0 heterocycles. The minimum atomic E-state index is 0.721. The molecule has 112 valence electrons. The van der Waals surface area contributed by atoms with E-state index in [1.165, 1.54) is 5.56 Å². The van der Waals surface area contributed by atoms with E-state index in [1.807, 2.05) is 36.4 Å². The minimum Gasteiger partial charge on any atom is -0.497 e. The molecule has 0 radical (unpaired) electrons. The maximum atomic E-state index is 5.96. The molecule has 0 aromatic heterocycles. The molecular weight excluding hydrogens is 306 g/mol. The normalized spacial score (nSPS) is 10.4. The number of halogens is 1. The molecule has 2 aromatic carbocycles. The number of rotatable bonds is 7. The Morgan fingerprint density at radius 3 is 2.67 bits per heavy atom. The highest BCUT2D eigenvalue weighted by Gasteiger charge is 2.04. The van der Waals surface area contributed by atoms with Crippen LogP contribution in [-0.4, -0.2) is 14.2 Å². The second kappa shape index (κ2) is 8.17. The van der Waals surface area contributed by atoms with Crippen molar-refractivity contribution in [2.24, 2.45) is 0 Å². The van der Waals surface area contributed by atoms with Crippen molar-refractivity contribution in [2.75, 3.05) is 14.2 Å². The summed E-state index contributed by atoms with van der Waals surface area (Å²) >= 11 is 7.61. The van der Waals surface area contributed by atoms with E-state index in [0.717, 1.165) is 34.4 Å². The van der Waals surface area contributed by atoms with Gasteiger partial charge in [-0.2, -0.15) is 0 Å². The SMILES string of the molecule is COc1ccc(CNSCc2cccc(Cl)c2)c(OC)c1. The summed E-state index contributed by atoms with van der Waals surface area (Å²) in [6.45, 7) is 0.721. The Kier molecular flexibility index (Phi) is 6.23. The Bertz CT molecular complexity index is 592. The van der Waals surface area contributed by atoms with Crippen molar-refractivity contribution in [2.45, 2.75) is 12.3 Å². The predicted octanol–water partition coefficient (Wildman–Crippen LogP) is 4.30. The Hall–Kier alpha value is -1.36. The van der Waals surface area contributed by atoms with Crippen LogP contribution in [0.4, 0.5) is 0 Å². The number of hydrogen-bond donors (Lipinski definition) is 1. The zero-order valence-corrected chi connectivity index (χ0v) is 13.6. The van der Waals surface area contributed by atoms with Crippen molar-refractivity contribution in [3.8, 4) is 11.5 Å². The van der Waals surface area contributed by atoms with E-state index in [4.69, 9.17) is 21.1 Å². The van der Waals surface area contributed by atoms with Crippen LogP contribution in [0.2, 0.25) is 5.02 Å². The Balaban J connectivity index is 1.86. The number of benzene rings is 2. The molecule has 5 heteroatoms. The van der Waals surface area contributed by atoms with E-state index in [2.05, 4.69) is 10.8 Å². The van der Waals surface area contributed by atoms with Crippen LogP contribution in [0.5, 0.6) is 11.5 Å². The van der Waals surface area contributed by atoms with Crippen LogP contribution in [0.1, 0.15) is 11.1 Å². The van der Waals surface area contributed by atoms with Gasteiger partial charge in [0.05, 0.1) is 14.2 Å². The molecule has 0 aliphatic carbocycles. The summed E-state index contributed by atoms with van der Waals surface area (Å²) in [5, 5.41) is 0.768. The topological polar surface area (TPSA) is 30.5 Å². The number of nitrogens with one attached hydrogen (secondary N) is 1. The first-order valence-corrected chi connectivity index (χ1v) is 7.89. The lowest BCUT2D eigenvalue weighted by Gasteiger charge is -2.11. The van der Waals surface area contributed by atoms with Crippen molar-refractivity contribution in [1.82, 2.24) is 4.72 Å². The van der Waals surface area contributed by atoms with Gasteiger partial charge in [0, 0.05) is 29.0 Å². The molecule has 0 aliphatic heterocycles. The highest BCUT2D eigenvalue weighted by Crippen LogP contribution is 2.25. The smallest absolute Gasteiger partial charge is 0.127 e. The summed E-state index contributed by atoms with van der Waals surface area (Å²) < 4.78 is 13.9. The highest BCUT2D eigenvalue weighted by atomic mass is 35.5. The lowest BCUT2D eigenvalue weighted by molar-refractivity contribution is 0.391. The van der Waals surface area contributed by atoms with Gasteiger partial charge in [-0.25, -0.2) is 0 Å². The van der Waals surface area contributed by atoms with Crippen molar-refractivity contribution in [3.63, 3.8) is 0 Å². The second-order valence-electron chi connectivity index (χ2n) is 4.42. The lowest BCUT2D eigenvalue weighted by Crippen LogP contribution is -2.05. The summed E-state index contributed by atoms with van der Waals surface area (Å²) in [7, 11) is 3.31. The van der Waals surface area contributed by atoms with Crippen LogP contribution in [0.3, 0.4) is 0 Å². The van der Waals surface area contributed by atoms with Gasteiger partial charge in [0.1, 0.15) is 11.5 Å². The molecule has 0 bridgehead atoms. The van der Waals surface area contributed by atoms with Crippen molar-refractivity contribution in [3.05, 3.63) is 58.6 Å². The van der Waals surface area contributed by atoms with Gasteiger partial charge in [-0.15, -0.1) is 0 Å². The molecule has 1 N–H and O–H groups in total.